The predicted molar refractivity (Wildman–Crippen MR) is 228 cm³/mol. The van der Waals surface area contributed by atoms with E-state index in [1.165, 1.54) is 31.2 Å². The van der Waals surface area contributed by atoms with E-state index in [0.717, 1.165) is 16.7 Å². The number of carbonyl (C=O) groups is 3. The van der Waals surface area contributed by atoms with Crippen LogP contribution in [0.2, 0.25) is 0 Å². The second-order valence-electron chi connectivity index (χ2n) is 15.5. The van der Waals surface area contributed by atoms with Crippen LogP contribution in [0.3, 0.4) is 0 Å². The number of rotatable bonds is 18. The fourth-order valence-corrected chi connectivity index (χ4v) is 7.78. The number of benzene rings is 5. The maximum absolute atomic E-state index is 14.2. The highest BCUT2D eigenvalue weighted by atomic mass is 16.8. The molecule has 5 aromatic rings. The van der Waals surface area contributed by atoms with Gasteiger partial charge in [0.2, 0.25) is 0 Å². The van der Waals surface area contributed by atoms with Gasteiger partial charge in [0.15, 0.2) is 24.8 Å². The Morgan fingerprint density at radius 1 is 0.585 bits per heavy atom. The Morgan fingerprint density at radius 2 is 1.08 bits per heavy atom. The second-order valence-corrected chi connectivity index (χ2v) is 15.5. The molecule has 0 amide bonds. The third kappa shape index (κ3) is 11.5. The lowest BCUT2D eigenvalue weighted by Crippen LogP contribution is -2.65. The van der Waals surface area contributed by atoms with Gasteiger partial charge in [-0.3, -0.25) is 14.9 Å². The summed E-state index contributed by atoms with van der Waals surface area (Å²) in [5.74, 6) is -2.09. The third-order valence-corrected chi connectivity index (χ3v) is 11.0. The summed E-state index contributed by atoms with van der Waals surface area (Å²) in [6.45, 7) is 1.01. The standard InChI is InChI=1S/C49H47NO15/c1-31(51)56-29-38-40(57-26-32-14-6-2-7-15-32)43(64-47(53)36-22-24-37(25-23-36)50(54)55)44(59-28-34-18-10-4-11-19-34)49(62-38)65-45-42(58-27-33-16-8-3-9-17-33)41(39-30-60-48(45)61-39)63-46(52)35-20-12-5-13-21-35/h2-25,38-45,48-49H,26-30H2,1H3/t38-,39+,40-,41-,42+,43+,44+,45+,48+,49-/m1/s1. The predicted octanol–water partition coefficient (Wildman–Crippen LogP) is 6.53. The fraction of sp³-hybridized carbons (Fsp3) is 0.327. The van der Waals surface area contributed by atoms with Crippen molar-refractivity contribution in [1.82, 2.24) is 0 Å². The first-order valence-corrected chi connectivity index (χ1v) is 21.1. The van der Waals surface area contributed by atoms with E-state index in [4.69, 9.17) is 47.4 Å². The molecule has 2 bridgehead atoms. The van der Waals surface area contributed by atoms with Gasteiger partial charge in [-0.15, -0.1) is 0 Å². The van der Waals surface area contributed by atoms with Crippen LogP contribution in [0, 0.1) is 10.1 Å². The molecule has 10 atom stereocenters. The molecule has 0 N–H and O–H groups in total. The SMILES string of the molecule is CC(=O)OC[C@H]1O[C@H](O[C@@H]2[C@H]3OC[C@H](O3)[C@@H](OC(=O)c3ccccc3)[C@@H]2OCc2ccccc2)[C@@H](OCc2ccccc2)[C@@H](OC(=O)c2ccc([N+](=O)[O-])cc2)[C@@H]1OCc1ccccc1. The summed E-state index contributed by atoms with van der Waals surface area (Å²) in [6.07, 6.45) is -11.4. The van der Waals surface area contributed by atoms with Crippen molar-refractivity contribution in [2.45, 2.75) is 88.2 Å². The molecule has 0 spiro atoms. The number of nitro groups is 1. The number of carbonyl (C=O) groups excluding carboxylic acids is 3. The van der Waals surface area contributed by atoms with Crippen molar-refractivity contribution in [3.8, 4) is 0 Å². The number of nitrogens with zero attached hydrogens (tertiary/aromatic N) is 1. The Labute approximate surface area is 374 Å². The van der Waals surface area contributed by atoms with Crippen molar-refractivity contribution in [2.24, 2.45) is 0 Å². The molecule has 0 saturated carbocycles. The lowest BCUT2D eigenvalue weighted by molar-refractivity contribution is -0.384. The normalized spacial score (nSPS) is 25.9. The van der Waals surface area contributed by atoms with E-state index in [1.54, 1.807) is 30.3 Å². The minimum absolute atomic E-state index is 0.00300. The topological polar surface area (TPSA) is 187 Å². The molecule has 5 aromatic carbocycles. The molecule has 338 valence electrons. The molecule has 0 unspecified atom stereocenters. The van der Waals surface area contributed by atoms with Crippen LogP contribution in [0.25, 0.3) is 0 Å². The second kappa shape index (κ2) is 21.5. The summed E-state index contributed by atoms with van der Waals surface area (Å²) in [5, 5.41) is 11.5. The van der Waals surface area contributed by atoms with Crippen molar-refractivity contribution in [3.05, 3.63) is 184 Å². The van der Waals surface area contributed by atoms with Crippen molar-refractivity contribution in [2.75, 3.05) is 13.2 Å². The van der Waals surface area contributed by atoms with Crippen LogP contribution in [0.1, 0.15) is 44.3 Å². The summed E-state index contributed by atoms with van der Waals surface area (Å²) >= 11 is 0. The summed E-state index contributed by atoms with van der Waals surface area (Å²) in [4.78, 5) is 51.1. The van der Waals surface area contributed by atoms with Gasteiger partial charge in [-0.05, 0) is 41.0 Å². The van der Waals surface area contributed by atoms with Crippen LogP contribution < -0.4 is 0 Å². The monoisotopic (exact) mass is 889 g/mol. The molecule has 3 aliphatic rings. The quantitative estimate of drug-likeness (QED) is 0.0400. The molecule has 3 fully saturated rings. The van der Waals surface area contributed by atoms with Gasteiger partial charge in [-0.25, -0.2) is 9.59 Å². The van der Waals surface area contributed by atoms with E-state index in [1.807, 2.05) is 91.0 Å². The van der Waals surface area contributed by atoms with Gasteiger partial charge in [0, 0.05) is 19.1 Å². The van der Waals surface area contributed by atoms with E-state index in [9.17, 15) is 24.5 Å². The molecule has 0 radical (unpaired) electrons. The number of non-ortho nitro benzene ring substituents is 1. The van der Waals surface area contributed by atoms with Gasteiger partial charge in [0.1, 0.15) is 43.2 Å². The third-order valence-electron chi connectivity index (χ3n) is 11.0. The van der Waals surface area contributed by atoms with Crippen molar-refractivity contribution < 1.29 is 66.7 Å². The Hall–Kier alpha value is -6.37. The average molecular weight is 890 g/mol. The van der Waals surface area contributed by atoms with Crippen molar-refractivity contribution in [1.29, 1.82) is 0 Å². The number of hydrogen-bond donors (Lipinski definition) is 0. The molecule has 3 saturated heterocycles. The lowest BCUT2D eigenvalue weighted by atomic mass is 9.96. The van der Waals surface area contributed by atoms with Crippen molar-refractivity contribution >= 4 is 23.6 Å². The van der Waals surface area contributed by atoms with Crippen LogP contribution in [-0.2, 0) is 72.0 Å². The van der Waals surface area contributed by atoms with E-state index >= 15 is 0 Å². The van der Waals surface area contributed by atoms with Crippen molar-refractivity contribution in [3.63, 3.8) is 0 Å². The summed E-state index contributed by atoms with van der Waals surface area (Å²) in [5.41, 5.74) is 2.46. The first-order chi connectivity index (χ1) is 31.7. The average Bonchev–Trinajstić information content (AvgIpc) is 3.78. The Balaban J connectivity index is 1.17. The highest BCUT2D eigenvalue weighted by Crippen LogP contribution is 2.39. The van der Waals surface area contributed by atoms with Gasteiger partial charge in [-0.2, -0.15) is 0 Å². The number of esters is 3. The zero-order valence-corrected chi connectivity index (χ0v) is 35.2. The minimum Gasteiger partial charge on any atom is -0.463 e. The van der Waals surface area contributed by atoms with Crippen LogP contribution in [0.15, 0.2) is 146 Å². The maximum Gasteiger partial charge on any atom is 0.338 e. The summed E-state index contributed by atoms with van der Waals surface area (Å²) in [7, 11) is 0. The smallest absolute Gasteiger partial charge is 0.338 e. The van der Waals surface area contributed by atoms with Gasteiger partial charge < -0.3 is 47.4 Å². The molecule has 0 aliphatic carbocycles. The maximum atomic E-state index is 14.2. The van der Waals surface area contributed by atoms with E-state index in [0.29, 0.717) is 5.56 Å². The Morgan fingerprint density at radius 3 is 1.62 bits per heavy atom. The van der Waals surface area contributed by atoms with Crippen LogP contribution in [0.4, 0.5) is 5.69 Å². The molecule has 8 rings (SSSR count). The Kier molecular flexibility index (Phi) is 15.0. The fourth-order valence-electron chi connectivity index (χ4n) is 7.78. The zero-order valence-electron chi connectivity index (χ0n) is 35.2. The van der Waals surface area contributed by atoms with E-state index < -0.39 is 84.2 Å². The van der Waals surface area contributed by atoms with E-state index in [-0.39, 0.29) is 44.3 Å². The minimum atomic E-state index is -1.45. The highest BCUT2D eigenvalue weighted by molar-refractivity contribution is 5.90. The Bertz CT molecular complexity index is 2340. The van der Waals surface area contributed by atoms with Crippen LogP contribution in [0.5, 0.6) is 0 Å². The first kappa shape index (κ1) is 45.2. The van der Waals surface area contributed by atoms with Gasteiger partial charge in [0.05, 0.1) is 42.5 Å². The highest BCUT2D eigenvalue weighted by Gasteiger charge is 2.58. The van der Waals surface area contributed by atoms with Crippen LogP contribution in [-0.4, -0.2) is 97.5 Å². The summed E-state index contributed by atoms with van der Waals surface area (Å²) < 4.78 is 63.9. The summed E-state index contributed by atoms with van der Waals surface area (Å²) in [6, 6.07) is 41.4. The van der Waals surface area contributed by atoms with E-state index in [2.05, 4.69) is 0 Å². The number of hydrogen-bond acceptors (Lipinski definition) is 15. The molecule has 65 heavy (non-hydrogen) atoms. The van der Waals surface area contributed by atoms with Gasteiger partial charge in [-0.1, -0.05) is 109 Å². The van der Waals surface area contributed by atoms with Gasteiger partial charge >= 0.3 is 17.9 Å². The zero-order chi connectivity index (χ0) is 45.1. The van der Waals surface area contributed by atoms with Crippen LogP contribution >= 0.6 is 0 Å². The first-order valence-electron chi connectivity index (χ1n) is 21.1. The molecular weight excluding hydrogens is 843 g/mol. The molecule has 0 aromatic heterocycles. The molecule has 3 heterocycles. The molecular formula is C49H47NO15. The largest absolute Gasteiger partial charge is 0.463 e. The molecule has 3 aliphatic heterocycles. The number of ether oxygens (including phenoxy) is 10. The molecule has 16 heteroatoms. The lowest BCUT2D eigenvalue weighted by Gasteiger charge is -2.47. The number of fused-ring (bicyclic) bond motifs is 2. The molecule has 16 nitrogen and oxygen atoms in total. The number of nitro benzene ring substituents is 1. The van der Waals surface area contributed by atoms with Gasteiger partial charge in [0.25, 0.3) is 5.69 Å².